The Labute approximate surface area is 150 Å². The topological polar surface area (TPSA) is 96.9 Å². The molecular weight excluding hydrogens is 330 g/mol. The van der Waals surface area contributed by atoms with Crippen LogP contribution in [-0.4, -0.2) is 26.8 Å². The first kappa shape index (κ1) is 17.2. The number of anilines is 2. The van der Waals surface area contributed by atoms with Crippen LogP contribution in [-0.2, 0) is 0 Å². The van der Waals surface area contributed by atoms with Gasteiger partial charge in [-0.15, -0.1) is 0 Å². The molecule has 3 aromatic rings. The van der Waals surface area contributed by atoms with Gasteiger partial charge in [0, 0.05) is 24.8 Å². The Kier molecular flexibility index (Phi) is 4.98. The third-order valence-electron chi connectivity index (χ3n) is 3.58. The van der Waals surface area contributed by atoms with Gasteiger partial charge in [-0.25, -0.2) is 9.97 Å². The second-order valence-corrected chi connectivity index (χ2v) is 5.81. The molecule has 3 heterocycles. The predicted octanol–water partition coefficient (Wildman–Crippen LogP) is 2.99. The molecule has 2 amide bonds. The van der Waals surface area contributed by atoms with Crippen molar-refractivity contribution in [3.63, 3.8) is 0 Å². The van der Waals surface area contributed by atoms with E-state index in [9.17, 15) is 9.59 Å². The van der Waals surface area contributed by atoms with Crippen molar-refractivity contribution in [1.82, 2.24) is 15.0 Å². The number of hydrogen-bond acceptors (Lipinski definition) is 5. The fourth-order valence-electron chi connectivity index (χ4n) is 2.27. The second-order valence-electron chi connectivity index (χ2n) is 5.81. The van der Waals surface area contributed by atoms with E-state index in [-0.39, 0.29) is 22.9 Å². The van der Waals surface area contributed by atoms with E-state index in [2.05, 4.69) is 25.6 Å². The fourth-order valence-corrected chi connectivity index (χ4v) is 2.27. The van der Waals surface area contributed by atoms with Gasteiger partial charge in [0.15, 0.2) is 0 Å². The number of nitrogens with zero attached hydrogens (tertiary/aromatic N) is 3. The first-order valence-electron chi connectivity index (χ1n) is 7.94. The molecule has 0 aliphatic carbocycles. The summed E-state index contributed by atoms with van der Waals surface area (Å²) < 4.78 is 0. The van der Waals surface area contributed by atoms with Gasteiger partial charge < -0.3 is 10.6 Å². The number of aromatic nitrogens is 3. The van der Waals surface area contributed by atoms with Crippen LogP contribution in [0.5, 0.6) is 0 Å². The molecule has 0 aromatic carbocycles. The van der Waals surface area contributed by atoms with Gasteiger partial charge in [0.05, 0.1) is 11.1 Å². The molecular formula is C19H17N5O2. The number of carbonyl (C=O) groups excluding carboxylic acids is 2. The van der Waals surface area contributed by atoms with Crippen molar-refractivity contribution < 1.29 is 9.59 Å². The molecule has 2 N–H and O–H groups in total. The summed E-state index contributed by atoms with van der Waals surface area (Å²) in [6, 6.07) is 8.66. The van der Waals surface area contributed by atoms with E-state index in [4.69, 9.17) is 0 Å². The van der Waals surface area contributed by atoms with Crippen LogP contribution in [0, 0.1) is 13.8 Å². The average Bonchev–Trinajstić information content (AvgIpc) is 2.62. The number of amides is 2. The molecule has 0 unspecified atom stereocenters. The molecule has 0 radical (unpaired) electrons. The Morgan fingerprint density at radius 1 is 0.769 bits per heavy atom. The Balaban J connectivity index is 1.75. The first-order chi connectivity index (χ1) is 12.5. The van der Waals surface area contributed by atoms with Crippen LogP contribution in [0.25, 0.3) is 0 Å². The molecule has 0 fully saturated rings. The minimum Gasteiger partial charge on any atom is -0.307 e. The van der Waals surface area contributed by atoms with Crippen LogP contribution in [0.4, 0.5) is 11.6 Å². The number of carbonyl (C=O) groups is 2. The fraction of sp³-hybridized carbons (Fsp3) is 0.105. The lowest BCUT2D eigenvalue weighted by molar-refractivity contribution is 0.102. The number of aryl methyl sites for hydroxylation is 2. The highest BCUT2D eigenvalue weighted by atomic mass is 16.2. The monoisotopic (exact) mass is 347 g/mol. The van der Waals surface area contributed by atoms with E-state index < -0.39 is 0 Å². The van der Waals surface area contributed by atoms with Crippen molar-refractivity contribution in [2.24, 2.45) is 0 Å². The van der Waals surface area contributed by atoms with Gasteiger partial charge in [-0.1, -0.05) is 0 Å². The lowest BCUT2D eigenvalue weighted by atomic mass is 10.2. The second kappa shape index (κ2) is 7.52. The van der Waals surface area contributed by atoms with Gasteiger partial charge in [0.1, 0.15) is 11.6 Å². The lowest BCUT2D eigenvalue weighted by Crippen LogP contribution is -2.17. The smallest absolute Gasteiger partial charge is 0.258 e. The Bertz CT molecular complexity index is 897. The Morgan fingerprint density at radius 3 is 1.65 bits per heavy atom. The summed E-state index contributed by atoms with van der Waals surface area (Å²) >= 11 is 0. The first-order valence-corrected chi connectivity index (χ1v) is 7.94. The van der Waals surface area contributed by atoms with Crippen LogP contribution in [0.15, 0.2) is 55.1 Å². The van der Waals surface area contributed by atoms with Crippen LogP contribution >= 0.6 is 0 Å². The molecule has 0 saturated heterocycles. The van der Waals surface area contributed by atoms with E-state index in [1.165, 1.54) is 18.5 Å². The Hall–Kier alpha value is -3.61. The summed E-state index contributed by atoms with van der Waals surface area (Å²) in [4.78, 5) is 36.9. The zero-order valence-electron chi connectivity index (χ0n) is 14.4. The highest BCUT2D eigenvalue weighted by Crippen LogP contribution is 2.11. The van der Waals surface area contributed by atoms with E-state index in [0.29, 0.717) is 11.6 Å². The van der Waals surface area contributed by atoms with Crippen molar-refractivity contribution in [1.29, 1.82) is 0 Å². The average molecular weight is 347 g/mol. The number of nitrogens with one attached hydrogen (secondary N) is 2. The summed E-state index contributed by atoms with van der Waals surface area (Å²) in [6.45, 7) is 3.81. The Morgan fingerprint density at radius 2 is 1.23 bits per heavy atom. The van der Waals surface area contributed by atoms with E-state index in [0.717, 1.165) is 11.1 Å². The molecule has 26 heavy (non-hydrogen) atoms. The number of hydrogen-bond donors (Lipinski definition) is 2. The van der Waals surface area contributed by atoms with Gasteiger partial charge in [0.2, 0.25) is 0 Å². The highest BCUT2D eigenvalue weighted by Gasteiger charge is 2.13. The minimum absolute atomic E-state index is 0.262. The normalized spacial score (nSPS) is 10.2. The maximum atomic E-state index is 12.4. The molecule has 0 saturated carbocycles. The molecule has 0 atom stereocenters. The molecule has 0 aliphatic rings. The molecule has 0 bridgehead atoms. The van der Waals surface area contributed by atoms with Crippen LogP contribution < -0.4 is 10.6 Å². The van der Waals surface area contributed by atoms with Crippen LogP contribution in [0.1, 0.15) is 31.8 Å². The van der Waals surface area contributed by atoms with Crippen LogP contribution in [0.2, 0.25) is 0 Å². The molecule has 3 rings (SSSR count). The van der Waals surface area contributed by atoms with Crippen molar-refractivity contribution in [2.45, 2.75) is 13.8 Å². The molecule has 7 nitrogen and oxygen atoms in total. The van der Waals surface area contributed by atoms with E-state index in [1.54, 1.807) is 24.5 Å². The van der Waals surface area contributed by atoms with E-state index >= 15 is 0 Å². The lowest BCUT2D eigenvalue weighted by Gasteiger charge is -2.07. The van der Waals surface area contributed by atoms with Crippen molar-refractivity contribution >= 4 is 23.5 Å². The number of rotatable bonds is 4. The SMILES string of the molecule is Cc1ccnc(NC(=O)c2cncc(C(=O)Nc3cc(C)ccn3)c2)c1. The zero-order valence-corrected chi connectivity index (χ0v) is 14.4. The predicted molar refractivity (Wildman–Crippen MR) is 98.1 cm³/mol. The van der Waals surface area contributed by atoms with Crippen LogP contribution in [0.3, 0.4) is 0 Å². The molecule has 130 valence electrons. The summed E-state index contributed by atoms with van der Waals surface area (Å²) in [5.74, 6) is 0.0977. The van der Waals surface area contributed by atoms with Gasteiger partial charge in [-0.3, -0.25) is 14.6 Å². The third-order valence-corrected chi connectivity index (χ3v) is 3.58. The largest absolute Gasteiger partial charge is 0.307 e. The maximum absolute atomic E-state index is 12.4. The van der Waals surface area contributed by atoms with Crippen molar-refractivity contribution in [3.8, 4) is 0 Å². The molecule has 0 spiro atoms. The number of pyridine rings is 3. The molecule has 0 aliphatic heterocycles. The van der Waals surface area contributed by atoms with Gasteiger partial charge in [-0.2, -0.15) is 0 Å². The standard InChI is InChI=1S/C19H17N5O2/c1-12-3-5-21-16(7-12)23-18(25)14-9-15(11-20-10-14)19(26)24-17-8-13(2)4-6-22-17/h3-11H,1-2H3,(H,21,23,25)(H,22,24,26). The zero-order chi connectivity index (χ0) is 18.5. The quantitative estimate of drug-likeness (QED) is 0.756. The molecule has 3 aromatic heterocycles. The third kappa shape index (κ3) is 4.27. The summed E-state index contributed by atoms with van der Waals surface area (Å²) in [5, 5.41) is 5.38. The van der Waals surface area contributed by atoms with Gasteiger partial charge >= 0.3 is 0 Å². The highest BCUT2D eigenvalue weighted by molar-refractivity contribution is 6.07. The maximum Gasteiger partial charge on any atom is 0.258 e. The molecule has 7 heteroatoms. The van der Waals surface area contributed by atoms with E-state index in [1.807, 2.05) is 26.0 Å². The van der Waals surface area contributed by atoms with Gasteiger partial charge in [-0.05, 0) is 55.3 Å². The van der Waals surface area contributed by atoms with Gasteiger partial charge in [0.25, 0.3) is 11.8 Å². The minimum atomic E-state index is -0.390. The summed E-state index contributed by atoms with van der Waals surface area (Å²) in [5.41, 5.74) is 2.48. The van der Waals surface area contributed by atoms with Crippen molar-refractivity contribution in [3.05, 3.63) is 77.4 Å². The summed E-state index contributed by atoms with van der Waals surface area (Å²) in [7, 11) is 0. The summed E-state index contributed by atoms with van der Waals surface area (Å²) in [6.07, 6.45) is 6.02. The van der Waals surface area contributed by atoms with Crippen molar-refractivity contribution in [2.75, 3.05) is 10.6 Å².